The number of aryl methyl sites for hydroxylation is 1. The fourth-order valence-corrected chi connectivity index (χ4v) is 4.35. The van der Waals surface area contributed by atoms with Crippen molar-refractivity contribution in [2.75, 3.05) is 6.61 Å². The lowest BCUT2D eigenvalue weighted by Gasteiger charge is -2.29. The first-order valence-corrected chi connectivity index (χ1v) is 11.4. The molecule has 0 radical (unpaired) electrons. The standard InChI is InChI=1S/C26H33F3O/c1-3-5-6-7-8-9-18-10-15-24(30-17-18)20-12-13-21(23(27)16-20)22-14-11-19(4-2)25(28)26(22)29/h11-14,16,18,24H,3-10,15,17H2,1-2H3. The average Bonchev–Trinajstić information content (AvgIpc) is 2.76. The van der Waals surface area contributed by atoms with E-state index in [1.165, 1.54) is 62.8 Å². The molecule has 0 N–H and O–H groups in total. The molecule has 1 saturated heterocycles. The zero-order valence-electron chi connectivity index (χ0n) is 18.2. The van der Waals surface area contributed by atoms with Gasteiger partial charge in [0.15, 0.2) is 11.6 Å². The predicted octanol–water partition coefficient (Wildman–Crippen LogP) is 8.16. The summed E-state index contributed by atoms with van der Waals surface area (Å²) in [6, 6.07) is 7.71. The number of benzene rings is 2. The molecule has 0 aromatic heterocycles. The van der Waals surface area contributed by atoms with E-state index in [4.69, 9.17) is 4.74 Å². The smallest absolute Gasteiger partial charge is 0.167 e. The van der Waals surface area contributed by atoms with Crippen molar-refractivity contribution >= 4 is 0 Å². The van der Waals surface area contributed by atoms with Crippen molar-refractivity contribution in [3.63, 3.8) is 0 Å². The number of halogens is 3. The Morgan fingerprint density at radius 3 is 2.30 bits per heavy atom. The highest BCUT2D eigenvalue weighted by molar-refractivity contribution is 5.66. The average molecular weight is 419 g/mol. The van der Waals surface area contributed by atoms with Crippen LogP contribution >= 0.6 is 0 Å². The quantitative estimate of drug-likeness (QED) is 0.373. The highest BCUT2D eigenvalue weighted by atomic mass is 19.2. The fraction of sp³-hybridized carbons (Fsp3) is 0.538. The van der Waals surface area contributed by atoms with E-state index in [0.29, 0.717) is 24.5 Å². The Balaban J connectivity index is 1.61. The van der Waals surface area contributed by atoms with Gasteiger partial charge < -0.3 is 4.74 Å². The van der Waals surface area contributed by atoms with Crippen molar-refractivity contribution in [3.8, 4) is 11.1 Å². The maximum Gasteiger partial charge on any atom is 0.167 e. The van der Waals surface area contributed by atoms with Gasteiger partial charge in [0, 0.05) is 11.1 Å². The van der Waals surface area contributed by atoms with E-state index in [-0.39, 0.29) is 17.2 Å². The van der Waals surface area contributed by atoms with Crippen molar-refractivity contribution in [1.29, 1.82) is 0 Å². The molecular formula is C26H33F3O. The summed E-state index contributed by atoms with van der Waals surface area (Å²) in [6.07, 6.45) is 9.83. The molecule has 0 amide bonds. The van der Waals surface area contributed by atoms with Crippen LogP contribution in [0.5, 0.6) is 0 Å². The maximum absolute atomic E-state index is 14.8. The number of rotatable bonds is 9. The molecule has 164 valence electrons. The third-order valence-corrected chi connectivity index (χ3v) is 6.28. The molecule has 2 atom stereocenters. The van der Waals surface area contributed by atoms with Crippen molar-refractivity contribution in [1.82, 2.24) is 0 Å². The largest absolute Gasteiger partial charge is 0.373 e. The minimum absolute atomic E-state index is 0.0403. The summed E-state index contributed by atoms with van der Waals surface area (Å²) < 4.78 is 49.3. The maximum atomic E-state index is 14.8. The minimum atomic E-state index is -0.989. The Morgan fingerprint density at radius 1 is 0.867 bits per heavy atom. The van der Waals surface area contributed by atoms with Crippen LogP contribution in [0.15, 0.2) is 30.3 Å². The second-order valence-corrected chi connectivity index (χ2v) is 8.46. The van der Waals surface area contributed by atoms with Gasteiger partial charge in [-0.25, -0.2) is 13.2 Å². The van der Waals surface area contributed by atoms with Gasteiger partial charge >= 0.3 is 0 Å². The second-order valence-electron chi connectivity index (χ2n) is 8.46. The fourth-order valence-electron chi connectivity index (χ4n) is 4.35. The molecule has 1 aliphatic heterocycles. The number of unbranched alkanes of at least 4 members (excludes halogenated alkanes) is 4. The summed E-state index contributed by atoms with van der Waals surface area (Å²) in [4.78, 5) is 0. The summed E-state index contributed by atoms with van der Waals surface area (Å²) >= 11 is 0. The van der Waals surface area contributed by atoms with Crippen LogP contribution in [-0.4, -0.2) is 6.61 Å². The highest BCUT2D eigenvalue weighted by Gasteiger charge is 2.24. The third kappa shape index (κ3) is 5.46. The molecule has 2 unspecified atom stereocenters. The summed E-state index contributed by atoms with van der Waals surface area (Å²) in [6.45, 7) is 4.69. The molecule has 0 bridgehead atoms. The highest BCUT2D eigenvalue weighted by Crippen LogP contribution is 2.35. The molecule has 30 heavy (non-hydrogen) atoms. The van der Waals surface area contributed by atoms with Crippen LogP contribution in [0.25, 0.3) is 11.1 Å². The molecular weight excluding hydrogens is 385 g/mol. The van der Waals surface area contributed by atoms with Crippen molar-refractivity contribution < 1.29 is 17.9 Å². The van der Waals surface area contributed by atoms with Crippen LogP contribution < -0.4 is 0 Å². The van der Waals surface area contributed by atoms with Crippen LogP contribution in [0, 0.1) is 23.4 Å². The molecule has 1 aliphatic rings. The molecule has 1 heterocycles. The monoisotopic (exact) mass is 418 g/mol. The first kappa shape index (κ1) is 22.9. The van der Waals surface area contributed by atoms with Gasteiger partial charge in [0.05, 0.1) is 12.7 Å². The Hall–Kier alpha value is -1.81. The lowest BCUT2D eigenvalue weighted by Crippen LogP contribution is -2.20. The molecule has 0 aliphatic carbocycles. The summed E-state index contributed by atoms with van der Waals surface area (Å²) in [5.41, 5.74) is 1.10. The molecule has 2 aromatic rings. The van der Waals surface area contributed by atoms with Crippen LogP contribution in [-0.2, 0) is 11.2 Å². The Labute approximate surface area is 178 Å². The van der Waals surface area contributed by atoms with Crippen molar-refractivity contribution in [3.05, 3.63) is 58.9 Å². The number of hydrogen-bond acceptors (Lipinski definition) is 1. The molecule has 3 rings (SSSR count). The van der Waals surface area contributed by atoms with Crippen molar-refractivity contribution in [2.45, 2.75) is 77.7 Å². The van der Waals surface area contributed by atoms with Crippen molar-refractivity contribution in [2.24, 2.45) is 5.92 Å². The normalized spacial score (nSPS) is 19.2. The van der Waals surface area contributed by atoms with Gasteiger partial charge in [-0.2, -0.15) is 0 Å². The predicted molar refractivity (Wildman–Crippen MR) is 116 cm³/mol. The van der Waals surface area contributed by atoms with Gasteiger partial charge in [-0.15, -0.1) is 0 Å². The zero-order valence-corrected chi connectivity index (χ0v) is 18.2. The summed E-state index contributed by atoms with van der Waals surface area (Å²) in [7, 11) is 0. The summed E-state index contributed by atoms with van der Waals surface area (Å²) in [5, 5.41) is 0. The van der Waals surface area contributed by atoms with E-state index in [9.17, 15) is 13.2 Å². The second kappa shape index (κ2) is 11.0. The van der Waals surface area contributed by atoms with Gasteiger partial charge in [0.2, 0.25) is 0 Å². The molecule has 1 nitrogen and oxygen atoms in total. The minimum Gasteiger partial charge on any atom is -0.373 e. The first-order valence-electron chi connectivity index (χ1n) is 11.4. The first-order chi connectivity index (χ1) is 14.5. The Kier molecular flexibility index (Phi) is 8.38. The van der Waals surface area contributed by atoms with E-state index < -0.39 is 17.5 Å². The lowest BCUT2D eigenvalue weighted by atomic mass is 9.90. The van der Waals surface area contributed by atoms with E-state index in [1.807, 2.05) is 0 Å². The van der Waals surface area contributed by atoms with Gasteiger partial charge in [-0.05, 0) is 48.8 Å². The molecule has 0 saturated carbocycles. The number of hydrogen-bond donors (Lipinski definition) is 0. The molecule has 2 aromatic carbocycles. The van der Waals surface area contributed by atoms with Gasteiger partial charge in [-0.3, -0.25) is 0 Å². The van der Waals surface area contributed by atoms with E-state index >= 15 is 0 Å². The Bertz CT molecular complexity index is 825. The molecule has 1 fully saturated rings. The Morgan fingerprint density at radius 2 is 1.63 bits per heavy atom. The third-order valence-electron chi connectivity index (χ3n) is 6.28. The van der Waals surface area contributed by atoms with E-state index in [1.54, 1.807) is 13.0 Å². The van der Waals surface area contributed by atoms with E-state index in [2.05, 4.69) is 6.92 Å². The summed E-state index contributed by atoms with van der Waals surface area (Å²) in [5.74, 6) is -1.84. The van der Waals surface area contributed by atoms with Gasteiger partial charge in [0.25, 0.3) is 0 Å². The van der Waals surface area contributed by atoms with Crippen LogP contribution in [0.1, 0.15) is 82.4 Å². The lowest BCUT2D eigenvalue weighted by molar-refractivity contribution is -0.0200. The molecule has 4 heteroatoms. The van der Waals surface area contributed by atoms with Crippen LogP contribution in [0.4, 0.5) is 13.2 Å². The van der Waals surface area contributed by atoms with E-state index in [0.717, 1.165) is 18.4 Å². The zero-order chi connectivity index (χ0) is 21.5. The SMILES string of the molecule is CCCCCCCC1CCC(c2ccc(-c3ccc(CC)c(F)c3F)c(F)c2)OC1. The van der Waals surface area contributed by atoms with Crippen LogP contribution in [0.2, 0.25) is 0 Å². The number of ether oxygens (including phenoxy) is 1. The topological polar surface area (TPSA) is 9.23 Å². The van der Waals surface area contributed by atoms with Crippen LogP contribution in [0.3, 0.4) is 0 Å². The van der Waals surface area contributed by atoms with Gasteiger partial charge in [0.1, 0.15) is 5.82 Å². The van der Waals surface area contributed by atoms with Gasteiger partial charge in [-0.1, -0.05) is 70.2 Å². The molecule has 0 spiro atoms.